The Hall–Kier alpha value is -1.14. The molecule has 0 bridgehead atoms. The second-order valence-corrected chi connectivity index (χ2v) is 3.86. The van der Waals surface area contributed by atoms with Crippen LogP contribution in [0, 0.1) is 5.92 Å². The van der Waals surface area contributed by atoms with Crippen molar-refractivity contribution in [2.75, 3.05) is 0 Å². The fraction of sp³-hybridized carbons (Fsp3) is 0.800. The molecule has 16 heavy (non-hydrogen) atoms. The van der Waals surface area contributed by atoms with E-state index in [4.69, 9.17) is 14.9 Å². The molecule has 0 fully saturated rings. The monoisotopic (exact) mass is 234 g/mol. The van der Waals surface area contributed by atoms with Crippen LogP contribution in [0.1, 0.15) is 27.2 Å². The number of aliphatic hydroxyl groups is 2. The maximum atomic E-state index is 11.3. The summed E-state index contributed by atoms with van der Waals surface area (Å²) in [6.45, 7) is 5.47. The van der Waals surface area contributed by atoms with Crippen LogP contribution in [0.3, 0.4) is 0 Å². The number of aliphatic carboxylic acids is 1. The summed E-state index contributed by atoms with van der Waals surface area (Å²) in [4.78, 5) is 21.6. The van der Waals surface area contributed by atoms with E-state index in [2.05, 4.69) is 0 Å². The number of rotatable bonds is 6. The molecule has 0 aromatic heterocycles. The van der Waals surface area contributed by atoms with E-state index in [0.29, 0.717) is 6.42 Å². The van der Waals surface area contributed by atoms with Gasteiger partial charge in [0.05, 0.1) is 0 Å². The van der Waals surface area contributed by atoms with Gasteiger partial charge in [0.1, 0.15) is 6.10 Å². The molecule has 0 spiro atoms. The van der Waals surface area contributed by atoms with Gasteiger partial charge in [-0.1, -0.05) is 20.8 Å². The highest BCUT2D eigenvalue weighted by Gasteiger charge is 2.33. The molecule has 0 aliphatic heterocycles. The lowest BCUT2D eigenvalue weighted by molar-refractivity contribution is -0.175. The number of aliphatic hydroxyl groups excluding tert-OH is 2. The fourth-order valence-corrected chi connectivity index (χ4v) is 1.17. The van der Waals surface area contributed by atoms with Crippen LogP contribution in [0.15, 0.2) is 0 Å². The molecule has 0 amide bonds. The van der Waals surface area contributed by atoms with Gasteiger partial charge in [0.25, 0.3) is 0 Å². The number of carboxylic acid groups (broad SMARTS) is 1. The molecule has 0 aromatic rings. The second-order valence-electron chi connectivity index (χ2n) is 3.86. The smallest absolute Gasteiger partial charge is 0.338 e. The summed E-state index contributed by atoms with van der Waals surface area (Å²) < 4.78 is 4.88. The Kier molecular flexibility index (Phi) is 5.98. The molecule has 3 atom stereocenters. The minimum absolute atomic E-state index is 0.0584. The first kappa shape index (κ1) is 14.9. The molecular formula is C10H18O6. The molecule has 0 saturated carbocycles. The molecule has 0 heterocycles. The van der Waals surface area contributed by atoms with Crippen molar-refractivity contribution in [3.05, 3.63) is 0 Å². The number of hydrogen-bond donors (Lipinski definition) is 3. The molecule has 0 aromatic carbocycles. The Morgan fingerprint density at radius 2 is 1.69 bits per heavy atom. The lowest BCUT2D eigenvalue weighted by Gasteiger charge is -2.22. The van der Waals surface area contributed by atoms with E-state index < -0.39 is 30.3 Å². The summed E-state index contributed by atoms with van der Waals surface area (Å²) >= 11 is 0. The van der Waals surface area contributed by atoms with E-state index in [9.17, 15) is 14.7 Å². The highest BCUT2D eigenvalue weighted by atomic mass is 16.6. The van der Waals surface area contributed by atoms with Gasteiger partial charge in [-0.05, 0) is 12.3 Å². The number of carboxylic acids is 1. The first-order valence-electron chi connectivity index (χ1n) is 5.10. The normalized spacial score (nSPS) is 16.6. The third kappa shape index (κ3) is 4.16. The minimum Gasteiger partial charge on any atom is -0.479 e. The van der Waals surface area contributed by atoms with E-state index >= 15 is 0 Å². The number of carbonyl (C=O) groups excluding carboxylic acids is 1. The molecule has 1 unspecified atom stereocenters. The van der Waals surface area contributed by atoms with Crippen molar-refractivity contribution in [1.29, 1.82) is 0 Å². The van der Waals surface area contributed by atoms with Crippen molar-refractivity contribution < 1.29 is 29.6 Å². The zero-order chi connectivity index (χ0) is 12.9. The zero-order valence-corrected chi connectivity index (χ0v) is 9.58. The highest BCUT2D eigenvalue weighted by Crippen LogP contribution is 2.12. The van der Waals surface area contributed by atoms with Crippen molar-refractivity contribution in [3.8, 4) is 0 Å². The van der Waals surface area contributed by atoms with Crippen molar-refractivity contribution >= 4 is 11.9 Å². The van der Waals surface area contributed by atoms with Crippen LogP contribution in [0.2, 0.25) is 0 Å². The molecule has 0 radical (unpaired) electrons. The van der Waals surface area contributed by atoms with Gasteiger partial charge < -0.3 is 20.1 Å². The summed E-state index contributed by atoms with van der Waals surface area (Å²) in [6, 6.07) is 0. The zero-order valence-electron chi connectivity index (χ0n) is 9.58. The van der Waals surface area contributed by atoms with Crippen LogP contribution in [0.25, 0.3) is 0 Å². The summed E-state index contributed by atoms with van der Waals surface area (Å²) in [5.41, 5.74) is 0. The Labute approximate surface area is 93.8 Å². The standard InChI is InChI=1S/C10H18O6/c1-4-6(5(2)3)16-10(15)8(12)7(11)9(13)14/h5-8,11-12H,4H2,1-3H3,(H,13,14)/t6?,7-,8-/m0/s1. The maximum absolute atomic E-state index is 11.3. The lowest BCUT2D eigenvalue weighted by Crippen LogP contribution is -2.42. The van der Waals surface area contributed by atoms with Crippen LogP contribution in [0.4, 0.5) is 0 Å². The van der Waals surface area contributed by atoms with Gasteiger partial charge in [-0.3, -0.25) is 0 Å². The molecule has 0 rings (SSSR count). The van der Waals surface area contributed by atoms with Crippen molar-refractivity contribution in [1.82, 2.24) is 0 Å². The Bertz CT molecular complexity index is 250. The van der Waals surface area contributed by atoms with Crippen molar-refractivity contribution in [2.24, 2.45) is 5.92 Å². The third-order valence-electron chi connectivity index (χ3n) is 2.21. The molecule has 3 N–H and O–H groups in total. The Balaban J connectivity index is 4.40. The quantitative estimate of drug-likeness (QED) is 0.548. The van der Waals surface area contributed by atoms with Crippen molar-refractivity contribution in [3.63, 3.8) is 0 Å². The molecule has 6 nitrogen and oxygen atoms in total. The predicted molar refractivity (Wildman–Crippen MR) is 54.7 cm³/mol. The Morgan fingerprint density at radius 1 is 1.19 bits per heavy atom. The molecule has 94 valence electrons. The molecule has 6 heteroatoms. The van der Waals surface area contributed by atoms with E-state index in [-0.39, 0.29) is 5.92 Å². The number of esters is 1. The topological polar surface area (TPSA) is 104 Å². The molecule has 0 saturated heterocycles. The van der Waals surface area contributed by atoms with Crippen molar-refractivity contribution in [2.45, 2.75) is 45.5 Å². The number of carbonyl (C=O) groups is 2. The van der Waals surface area contributed by atoms with E-state index in [1.165, 1.54) is 0 Å². The van der Waals surface area contributed by atoms with Gasteiger partial charge >= 0.3 is 11.9 Å². The van der Waals surface area contributed by atoms with Crippen LogP contribution in [0.5, 0.6) is 0 Å². The molecule has 0 aliphatic rings. The summed E-state index contributed by atoms with van der Waals surface area (Å²) in [5.74, 6) is -2.72. The van der Waals surface area contributed by atoms with Crippen LogP contribution >= 0.6 is 0 Å². The minimum atomic E-state index is -2.16. The SMILES string of the molecule is CCC(OC(=O)[C@@H](O)[C@H](O)C(=O)O)C(C)C. The molecular weight excluding hydrogens is 216 g/mol. The van der Waals surface area contributed by atoms with Crippen LogP contribution < -0.4 is 0 Å². The van der Waals surface area contributed by atoms with Gasteiger partial charge in [0.2, 0.25) is 0 Å². The van der Waals surface area contributed by atoms with Gasteiger partial charge in [-0.25, -0.2) is 9.59 Å². The number of ether oxygens (including phenoxy) is 1. The molecule has 0 aliphatic carbocycles. The van der Waals surface area contributed by atoms with Crippen LogP contribution in [-0.4, -0.2) is 45.6 Å². The fourth-order valence-electron chi connectivity index (χ4n) is 1.17. The summed E-state index contributed by atoms with van der Waals surface area (Å²) in [5, 5.41) is 26.5. The number of hydrogen-bond acceptors (Lipinski definition) is 5. The van der Waals surface area contributed by atoms with Gasteiger partial charge in [-0.2, -0.15) is 0 Å². The van der Waals surface area contributed by atoms with E-state index in [0.717, 1.165) is 0 Å². The summed E-state index contributed by atoms with van der Waals surface area (Å²) in [7, 11) is 0. The Morgan fingerprint density at radius 3 is 2.00 bits per heavy atom. The average molecular weight is 234 g/mol. The third-order valence-corrected chi connectivity index (χ3v) is 2.21. The second kappa shape index (κ2) is 6.44. The van der Waals surface area contributed by atoms with E-state index in [1.807, 2.05) is 13.8 Å². The van der Waals surface area contributed by atoms with Gasteiger partial charge in [0.15, 0.2) is 12.2 Å². The average Bonchev–Trinajstić information content (AvgIpc) is 2.22. The first-order valence-corrected chi connectivity index (χ1v) is 5.10. The maximum Gasteiger partial charge on any atom is 0.338 e. The van der Waals surface area contributed by atoms with E-state index in [1.54, 1.807) is 6.92 Å². The lowest BCUT2D eigenvalue weighted by atomic mass is 10.1. The highest BCUT2D eigenvalue weighted by molar-refractivity contribution is 5.84. The van der Waals surface area contributed by atoms with Gasteiger partial charge in [0, 0.05) is 0 Å². The largest absolute Gasteiger partial charge is 0.479 e. The predicted octanol–water partition coefficient (Wildman–Crippen LogP) is -0.229. The first-order chi connectivity index (χ1) is 7.31. The van der Waals surface area contributed by atoms with Crippen LogP contribution in [-0.2, 0) is 14.3 Å². The summed E-state index contributed by atoms with van der Waals surface area (Å²) in [6.07, 6.45) is -4.05. The van der Waals surface area contributed by atoms with Gasteiger partial charge in [-0.15, -0.1) is 0 Å².